The fraction of sp³-hybridized carbons (Fsp3) is 0.200. The van der Waals surface area contributed by atoms with Gasteiger partial charge in [-0.25, -0.2) is 0 Å². The molecule has 0 unspecified atom stereocenters. The van der Waals surface area contributed by atoms with Crippen molar-refractivity contribution in [2.45, 2.75) is 32.4 Å². The van der Waals surface area contributed by atoms with E-state index < -0.39 is 46.5 Å². The number of imide groups is 1. The van der Waals surface area contributed by atoms with Crippen molar-refractivity contribution < 1.29 is 41.4 Å². The van der Waals surface area contributed by atoms with Crippen LogP contribution in [0.3, 0.4) is 0 Å². The molecule has 1 aliphatic rings. The average molecular weight is 566 g/mol. The summed E-state index contributed by atoms with van der Waals surface area (Å²) in [6.07, 6.45) is -4.42. The summed E-state index contributed by atoms with van der Waals surface area (Å²) < 4.78 is 57.1. The molecular weight excluding hydrogens is 543 g/mol. The van der Waals surface area contributed by atoms with Crippen molar-refractivity contribution in [3.63, 3.8) is 0 Å². The summed E-state index contributed by atoms with van der Waals surface area (Å²) in [6.45, 7) is 1.90. The second kappa shape index (κ2) is 10.9. The van der Waals surface area contributed by atoms with Crippen LogP contribution in [0.25, 0.3) is 11.0 Å². The predicted octanol–water partition coefficient (Wildman–Crippen LogP) is 6.15. The lowest BCUT2D eigenvalue weighted by atomic mass is 10.1. The third-order valence-electron chi connectivity index (χ3n) is 6.50. The highest BCUT2D eigenvalue weighted by atomic mass is 19.4. The lowest BCUT2D eigenvalue weighted by molar-refractivity contribution is -0.154. The van der Waals surface area contributed by atoms with Crippen LogP contribution in [-0.2, 0) is 17.4 Å². The zero-order valence-electron chi connectivity index (χ0n) is 21.6. The van der Waals surface area contributed by atoms with Gasteiger partial charge in [-0.2, -0.15) is 13.2 Å². The van der Waals surface area contributed by atoms with E-state index in [1.807, 2.05) is 6.92 Å². The molecule has 0 saturated carbocycles. The molecule has 0 aliphatic carbocycles. The zero-order valence-corrected chi connectivity index (χ0v) is 21.6. The van der Waals surface area contributed by atoms with Crippen molar-refractivity contribution in [2.75, 3.05) is 6.54 Å². The number of hydrogen-bond acceptors (Lipinski definition) is 7. The van der Waals surface area contributed by atoms with Gasteiger partial charge in [0.05, 0.1) is 16.5 Å². The Balaban J connectivity index is 1.30. The van der Waals surface area contributed by atoms with E-state index in [1.165, 1.54) is 24.3 Å². The van der Waals surface area contributed by atoms with Crippen LogP contribution in [-0.4, -0.2) is 29.2 Å². The Kier molecular flexibility index (Phi) is 7.36. The Morgan fingerprint density at radius 3 is 2.15 bits per heavy atom. The van der Waals surface area contributed by atoms with E-state index in [1.54, 1.807) is 36.4 Å². The molecule has 0 atom stereocenters. The monoisotopic (exact) mass is 565 g/mol. The summed E-state index contributed by atoms with van der Waals surface area (Å²) in [7, 11) is 0. The van der Waals surface area contributed by atoms with Gasteiger partial charge >= 0.3 is 12.1 Å². The Labute approximate surface area is 230 Å². The van der Waals surface area contributed by atoms with Crippen LogP contribution in [0.15, 0.2) is 75.9 Å². The van der Waals surface area contributed by atoms with Gasteiger partial charge in [-0.3, -0.25) is 24.1 Å². The van der Waals surface area contributed by atoms with Crippen LogP contribution < -0.4 is 14.9 Å². The van der Waals surface area contributed by atoms with E-state index in [-0.39, 0.29) is 36.3 Å². The zero-order chi connectivity index (χ0) is 29.3. The van der Waals surface area contributed by atoms with E-state index in [9.17, 15) is 32.3 Å². The van der Waals surface area contributed by atoms with Gasteiger partial charge < -0.3 is 13.9 Å². The summed E-state index contributed by atoms with van der Waals surface area (Å²) in [5, 5.41) is -0.205. The topological polar surface area (TPSA) is 103 Å². The third-order valence-corrected chi connectivity index (χ3v) is 6.50. The third kappa shape index (κ3) is 5.56. The molecule has 3 aromatic carbocycles. The molecular formula is C30H22F3NO7. The van der Waals surface area contributed by atoms with Gasteiger partial charge in [-0.1, -0.05) is 31.2 Å². The second-order valence-electron chi connectivity index (χ2n) is 9.23. The van der Waals surface area contributed by atoms with Crippen LogP contribution >= 0.6 is 0 Å². The number of aryl methyl sites for hydroxylation is 1. The standard InChI is InChI=1S/C30H22F3NO7/c1-2-17-9-11-18(12-10-17)40-26-25(36)22-14-13-19(16-23(22)41-27(26)30(31,32)33)39-24(35)8-5-15-34-28(37)20-6-3-4-7-21(20)29(34)38/h3-4,6-7,9-14,16H,2,5,8,15H2,1H3. The molecule has 11 heteroatoms. The highest BCUT2D eigenvalue weighted by molar-refractivity contribution is 6.21. The normalized spacial score (nSPS) is 13.0. The van der Waals surface area contributed by atoms with Gasteiger partial charge in [-0.05, 0) is 54.8 Å². The molecule has 0 radical (unpaired) electrons. The highest BCUT2D eigenvalue weighted by Crippen LogP contribution is 2.38. The molecule has 0 N–H and O–H groups in total. The van der Waals surface area contributed by atoms with Crippen LogP contribution in [0.4, 0.5) is 13.2 Å². The fourth-order valence-corrected chi connectivity index (χ4v) is 4.42. The second-order valence-corrected chi connectivity index (χ2v) is 9.23. The Hall–Kier alpha value is -4.93. The summed E-state index contributed by atoms with van der Waals surface area (Å²) in [4.78, 5) is 51.3. The van der Waals surface area contributed by atoms with Gasteiger partial charge in [0.2, 0.25) is 11.2 Å². The number of rotatable bonds is 8. The van der Waals surface area contributed by atoms with E-state index in [0.717, 1.165) is 16.5 Å². The molecule has 2 amide bonds. The highest BCUT2D eigenvalue weighted by Gasteiger charge is 2.40. The number of benzene rings is 3. The number of hydrogen-bond donors (Lipinski definition) is 0. The number of carbonyl (C=O) groups excluding carboxylic acids is 3. The summed E-state index contributed by atoms with van der Waals surface area (Å²) in [5.41, 5.74) is 0.0201. The quantitative estimate of drug-likeness (QED) is 0.143. The minimum absolute atomic E-state index is 0.0209. The minimum Gasteiger partial charge on any atom is -0.449 e. The van der Waals surface area contributed by atoms with Gasteiger partial charge in [-0.15, -0.1) is 0 Å². The van der Waals surface area contributed by atoms with Crippen molar-refractivity contribution in [1.29, 1.82) is 0 Å². The molecule has 210 valence electrons. The van der Waals surface area contributed by atoms with E-state index in [2.05, 4.69) is 0 Å². The van der Waals surface area contributed by atoms with Gasteiger partial charge in [0.25, 0.3) is 17.6 Å². The molecule has 8 nitrogen and oxygen atoms in total. The molecule has 41 heavy (non-hydrogen) atoms. The first-order chi connectivity index (χ1) is 19.6. The molecule has 1 aliphatic heterocycles. The maximum absolute atomic E-state index is 13.8. The van der Waals surface area contributed by atoms with Crippen molar-refractivity contribution in [3.05, 3.63) is 99.4 Å². The number of halogens is 3. The summed E-state index contributed by atoms with van der Waals surface area (Å²) >= 11 is 0. The van der Waals surface area contributed by atoms with Crippen molar-refractivity contribution in [3.8, 4) is 17.2 Å². The maximum atomic E-state index is 13.8. The maximum Gasteiger partial charge on any atom is 0.453 e. The SMILES string of the molecule is CCc1ccc(Oc2c(C(F)(F)F)oc3cc(OC(=O)CCCN4C(=O)c5ccccc5C4=O)ccc3c2=O)cc1. The van der Waals surface area contributed by atoms with Crippen LogP contribution in [0.2, 0.25) is 0 Å². The number of carbonyl (C=O) groups is 3. The number of fused-ring (bicyclic) bond motifs is 2. The van der Waals surface area contributed by atoms with Crippen LogP contribution in [0.1, 0.15) is 51.8 Å². The molecule has 0 bridgehead atoms. The number of amides is 2. The van der Waals surface area contributed by atoms with Gasteiger partial charge in [0, 0.05) is 19.0 Å². The number of nitrogens with zero attached hydrogens (tertiary/aromatic N) is 1. The predicted molar refractivity (Wildman–Crippen MR) is 140 cm³/mol. The average Bonchev–Trinajstić information content (AvgIpc) is 3.19. The largest absolute Gasteiger partial charge is 0.453 e. The number of esters is 1. The molecule has 5 rings (SSSR count). The van der Waals surface area contributed by atoms with Gasteiger partial charge in [0.1, 0.15) is 17.1 Å². The van der Waals surface area contributed by atoms with Crippen molar-refractivity contribution >= 4 is 28.8 Å². The van der Waals surface area contributed by atoms with E-state index in [0.29, 0.717) is 17.5 Å². The molecule has 1 aromatic heterocycles. The first-order valence-electron chi connectivity index (χ1n) is 12.7. The first kappa shape index (κ1) is 27.6. The molecule has 2 heterocycles. The van der Waals surface area contributed by atoms with Crippen LogP contribution in [0, 0.1) is 0 Å². The van der Waals surface area contributed by atoms with Gasteiger partial charge in [0.15, 0.2) is 0 Å². The lowest BCUT2D eigenvalue weighted by Crippen LogP contribution is -2.31. The molecule has 0 spiro atoms. The Morgan fingerprint density at radius 2 is 1.54 bits per heavy atom. The summed E-state index contributed by atoms with van der Waals surface area (Å²) in [6, 6.07) is 16.1. The molecule has 0 fully saturated rings. The lowest BCUT2D eigenvalue weighted by Gasteiger charge is -2.14. The Morgan fingerprint density at radius 1 is 0.902 bits per heavy atom. The van der Waals surface area contributed by atoms with E-state index in [4.69, 9.17) is 13.9 Å². The van der Waals surface area contributed by atoms with Crippen molar-refractivity contribution in [2.24, 2.45) is 0 Å². The minimum atomic E-state index is -5.05. The smallest absolute Gasteiger partial charge is 0.449 e. The molecule has 0 saturated heterocycles. The number of ether oxygens (including phenoxy) is 2. The summed E-state index contributed by atoms with van der Waals surface area (Å²) in [5.74, 6) is -4.41. The van der Waals surface area contributed by atoms with Crippen molar-refractivity contribution in [1.82, 2.24) is 4.90 Å². The first-order valence-corrected chi connectivity index (χ1v) is 12.7. The number of alkyl halides is 3. The Bertz CT molecular complexity index is 1690. The van der Waals surface area contributed by atoms with E-state index >= 15 is 0 Å². The molecule has 4 aromatic rings. The van der Waals surface area contributed by atoms with Crippen LogP contribution in [0.5, 0.6) is 17.2 Å². The fourth-order valence-electron chi connectivity index (χ4n) is 4.42.